The summed E-state index contributed by atoms with van der Waals surface area (Å²) < 4.78 is 2.31. The van der Waals surface area contributed by atoms with E-state index in [1.165, 1.54) is 10.3 Å². The monoisotopic (exact) mass is 338 g/mol. The van der Waals surface area contributed by atoms with E-state index in [0.29, 0.717) is 0 Å². The lowest BCUT2D eigenvalue weighted by atomic mass is 10.1. The molecule has 0 aliphatic rings. The fourth-order valence-electron chi connectivity index (χ4n) is 1.98. The van der Waals surface area contributed by atoms with Crippen molar-refractivity contribution in [3.8, 4) is 0 Å². The van der Waals surface area contributed by atoms with Crippen molar-refractivity contribution in [2.75, 3.05) is 0 Å². The first-order valence-corrected chi connectivity index (χ1v) is 8.06. The first kappa shape index (κ1) is 12.4. The second kappa shape index (κ2) is 4.78. The maximum atomic E-state index is 10.5. The van der Waals surface area contributed by atoms with Crippen LogP contribution in [0.5, 0.6) is 0 Å². The third-order valence-electron chi connectivity index (χ3n) is 2.95. The molecular weight excluding hydrogens is 328 g/mol. The zero-order valence-electron chi connectivity index (χ0n) is 9.68. The van der Waals surface area contributed by atoms with Gasteiger partial charge in [0.2, 0.25) is 0 Å². The fraction of sp³-hybridized carbons (Fsp3) is 0.143. The van der Waals surface area contributed by atoms with E-state index in [1.807, 2.05) is 25.1 Å². The van der Waals surface area contributed by atoms with Crippen molar-refractivity contribution in [3.05, 3.63) is 55.5 Å². The molecule has 0 aliphatic carbocycles. The summed E-state index contributed by atoms with van der Waals surface area (Å²) in [6.07, 6.45) is -0.531. The molecule has 1 N–H and O–H groups in total. The Hall–Kier alpha value is -0.680. The summed E-state index contributed by atoms with van der Waals surface area (Å²) >= 11 is 6.79. The van der Waals surface area contributed by atoms with E-state index in [9.17, 15) is 5.11 Å². The molecule has 0 saturated heterocycles. The normalized spacial score (nSPS) is 13.1. The molecule has 4 heteroatoms. The number of benzene rings is 1. The van der Waals surface area contributed by atoms with Crippen LogP contribution in [0.3, 0.4) is 0 Å². The predicted molar refractivity (Wildman–Crippen MR) is 82.6 cm³/mol. The number of thiophene rings is 2. The van der Waals surface area contributed by atoms with Gasteiger partial charge in [-0.15, -0.1) is 22.7 Å². The van der Waals surface area contributed by atoms with Crippen molar-refractivity contribution in [1.29, 1.82) is 0 Å². The fourth-order valence-corrected chi connectivity index (χ4v) is 4.54. The summed E-state index contributed by atoms with van der Waals surface area (Å²) in [6.45, 7) is 2.04. The summed E-state index contributed by atoms with van der Waals surface area (Å²) in [5.74, 6) is 0. The number of fused-ring (bicyclic) bond motifs is 1. The van der Waals surface area contributed by atoms with Gasteiger partial charge in [-0.1, -0.05) is 18.2 Å². The number of aliphatic hydroxyl groups excluding tert-OH is 1. The van der Waals surface area contributed by atoms with E-state index in [1.54, 1.807) is 22.7 Å². The Labute approximate surface area is 122 Å². The average molecular weight is 339 g/mol. The van der Waals surface area contributed by atoms with Crippen LogP contribution < -0.4 is 0 Å². The highest BCUT2D eigenvalue weighted by Gasteiger charge is 2.17. The van der Waals surface area contributed by atoms with Crippen LogP contribution in [0.2, 0.25) is 0 Å². The van der Waals surface area contributed by atoms with Crippen LogP contribution in [0, 0.1) is 6.92 Å². The van der Waals surface area contributed by atoms with Gasteiger partial charge < -0.3 is 5.11 Å². The zero-order valence-corrected chi connectivity index (χ0v) is 12.9. The van der Waals surface area contributed by atoms with E-state index in [0.717, 1.165) is 19.6 Å². The molecular formula is C14H11BrOS2. The number of rotatable bonds is 2. The molecule has 3 aromatic rings. The smallest absolute Gasteiger partial charge is 0.115 e. The molecule has 1 unspecified atom stereocenters. The Morgan fingerprint density at radius 3 is 2.78 bits per heavy atom. The molecule has 0 radical (unpaired) electrons. The van der Waals surface area contributed by atoms with E-state index in [2.05, 4.69) is 33.4 Å². The van der Waals surface area contributed by atoms with Gasteiger partial charge in [-0.3, -0.25) is 0 Å². The molecule has 2 heterocycles. The van der Waals surface area contributed by atoms with E-state index >= 15 is 0 Å². The van der Waals surface area contributed by atoms with Gasteiger partial charge in [0.25, 0.3) is 0 Å². The molecule has 0 aliphatic heterocycles. The van der Waals surface area contributed by atoms with Crippen LogP contribution in [0.1, 0.15) is 22.1 Å². The molecule has 1 atom stereocenters. The van der Waals surface area contributed by atoms with Gasteiger partial charge in [-0.25, -0.2) is 0 Å². The van der Waals surface area contributed by atoms with Gasteiger partial charge in [-0.2, -0.15) is 0 Å². The van der Waals surface area contributed by atoms with Crippen molar-refractivity contribution in [2.24, 2.45) is 0 Å². The summed E-state index contributed by atoms with van der Waals surface area (Å²) in [6, 6.07) is 10.2. The average Bonchev–Trinajstić information content (AvgIpc) is 2.93. The third-order valence-corrected chi connectivity index (χ3v) is 6.12. The lowest BCUT2D eigenvalue weighted by molar-refractivity contribution is 0.226. The van der Waals surface area contributed by atoms with Crippen LogP contribution >= 0.6 is 38.6 Å². The maximum absolute atomic E-state index is 10.5. The van der Waals surface area contributed by atoms with Gasteiger partial charge in [0.1, 0.15) is 6.10 Å². The molecule has 0 fully saturated rings. The standard InChI is InChI=1S/C14H11BrOS2/c1-8-6-12(18-14(8)15)13(16)10-7-17-11-5-3-2-4-9(10)11/h2-7,13,16H,1H3. The molecule has 0 amide bonds. The second-order valence-corrected chi connectivity index (χ2v) is 7.51. The molecule has 0 bridgehead atoms. The van der Waals surface area contributed by atoms with Crippen LogP contribution in [0.25, 0.3) is 10.1 Å². The Morgan fingerprint density at radius 2 is 2.06 bits per heavy atom. The largest absolute Gasteiger partial charge is 0.383 e. The molecule has 0 saturated carbocycles. The van der Waals surface area contributed by atoms with Gasteiger partial charge in [0.05, 0.1) is 3.79 Å². The third kappa shape index (κ3) is 2.03. The first-order valence-electron chi connectivity index (χ1n) is 5.57. The van der Waals surface area contributed by atoms with Gasteiger partial charge in [-0.05, 0) is 51.3 Å². The number of halogens is 1. The Bertz CT molecular complexity index is 679. The maximum Gasteiger partial charge on any atom is 0.115 e. The van der Waals surface area contributed by atoms with E-state index < -0.39 is 6.10 Å². The molecule has 18 heavy (non-hydrogen) atoms. The highest BCUT2D eigenvalue weighted by molar-refractivity contribution is 9.11. The number of hydrogen-bond donors (Lipinski definition) is 1. The summed E-state index contributed by atoms with van der Waals surface area (Å²) in [5.41, 5.74) is 2.18. The van der Waals surface area contributed by atoms with Crippen molar-refractivity contribution in [2.45, 2.75) is 13.0 Å². The summed E-state index contributed by atoms with van der Waals surface area (Å²) in [7, 11) is 0. The summed E-state index contributed by atoms with van der Waals surface area (Å²) in [5, 5.41) is 13.7. The summed E-state index contributed by atoms with van der Waals surface area (Å²) in [4.78, 5) is 0.989. The molecule has 3 rings (SSSR count). The minimum Gasteiger partial charge on any atom is -0.383 e. The minimum absolute atomic E-state index is 0.531. The first-order chi connectivity index (χ1) is 8.66. The second-order valence-electron chi connectivity index (χ2n) is 4.20. The van der Waals surface area contributed by atoms with Crippen molar-refractivity contribution < 1.29 is 5.11 Å². The Kier molecular flexibility index (Phi) is 3.28. The van der Waals surface area contributed by atoms with E-state index in [-0.39, 0.29) is 0 Å². The van der Waals surface area contributed by atoms with E-state index in [4.69, 9.17) is 0 Å². The molecule has 0 spiro atoms. The predicted octanol–water partition coefficient (Wildman–Crippen LogP) is 5.12. The van der Waals surface area contributed by atoms with Crippen molar-refractivity contribution in [1.82, 2.24) is 0 Å². The quantitative estimate of drug-likeness (QED) is 0.687. The number of hydrogen-bond acceptors (Lipinski definition) is 3. The Balaban J connectivity index is 2.09. The van der Waals surface area contributed by atoms with Crippen LogP contribution in [-0.4, -0.2) is 5.11 Å². The number of aryl methyl sites for hydroxylation is 1. The SMILES string of the molecule is Cc1cc(C(O)c2csc3ccccc23)sc1Br. The van der Waals surface area contributed by atoms with Gasteiger partial charge in [0.15, 0.2) is 0 Å². The van der Waals surface area contributed by atoms with Crippen LogP contribution in [-0.2, 0) is 0 Å². The van der Waals surface area contributed by atoms with Gasteiger partial charge >= 0.3 is 0 Å². The topological polar surface area (TPSA) is 20.2 Å². The molecule has 92 valence electrons. The Morgan fingerprint density at radius 1 is 1.28 bits per heavy atom. The van der Waals surface area contributed by atoms with Gasteiger partial charge in [0, 0.05) is 15.1 Å². The molecule has 1 aromatic carbocycles. The lowest BCUT2D eigenvalue weighted by Gasteiger charge is -2.07. The zero-order chi connectivity index (χ0) is 12.7. The van der Waals surface area contributed by atoms with Crippen molar-refractivity contribution in [3.63, 3.8) is 0 Å². The highest BCUT2D eigenvalue weighted by Crippen LogP contribution is 2.38. The van der Waals surface area contributed by atoms with Crippen LogP contribution in [0.4, 0.5) is 0 Å². The van der Waals surface area contributed by atoms with Crippen LogP contribution in [0.15, 0.2) is 39.5 Å². The minimum atomic E-state index is -0.531. The molecule has 2 aromatic heterocycles. The molecule has 1 nitrogen and oxygen atoms in total. The highest BCUT2D eigenvalue weighted by atomic mass is 79.9. The number of aliphatic hydroxyl groups is 1. The lowest BCUT2D eigenvalue weighted by Crippen LogP contribution is -1.95. The van der Waals surface area contributed by atoms with Crippen molar-refractivity contribution >= 4 is 48.7 Å².